The normalized spacial score (nSPS) is 10.5. The van der Waals surface area contributed by atoms with Crippen LogP contribution in [-0.4, -0.2) is 10.6 Å². The van der Waals surface area contributed by atoms with Gasteiger partial charge in [0.1, 0.15) is 5.69 Å². The molecular formula is C31H30N4O2. The minimum atomic E-state index is -0.444. The van der Waals surface area contributed by atoms with Crippen molar-refractivity contribution in [2.24, 2.45) is 0 Å². The van der Waals surface area contributed by atoms with Crippen molar-refractivity contribution < 1.29 is 4.79 Å². The Morgan fingerprint density at radius 1 is 0.946 bits per heavy atom. The lowest BCUT2D eigenvalue weighted by atomic mass is 9.98. The number of para-hydroxylation sites is 1. The van der Waals surface area contributed by atoms with Gasteiger partial charge in [0.05, 0.1) is 17.3 Å². The maximum absolute atomic E-state index is 14.0. The van der Waals surface area contributed by atoms with Gasteiger partial charge in [0.15, 0.2) is 0 Å². The molecule has 0 aliphatic carbocycles. The minimum Gasteiger partial charge on any atom is -0.334 e. The molecule has 3 aromatic carbocycles. The fourth-order valence-corrected chi connectivity index (χ4v) is 4.40. The van der Waals surface area contributed by atoms with Crippen molar-refractivity contribution in [3.63, 3.8) is 0 Å². The summed E-state index contributed by atoms with van der Waals surface area (Å²) in [5.74, 6) is 0. The summed E-state index contributed by atoms with van der Waals surface area (Å²) in [6.07, 6.45) is 2.61. The molecule has 1 aromatic heterocycles. The van der Waals surface area contributed by atoms with Gasteiger partial charge in [0.2, 0.25) is 0 Å². The van der Waals surface area contributed by atoms with Crippen LogP contribution < -0.4 is 16.2 Å². The molecule has 6 heteroatoms. The van der Waals surface area contributed by atoms with E-state index >= 15 is 0 Å². The maximum atomic E-state index is 14.0. The van der Waals surface area contributed by atoms with Gasteiger partial charge < -0.3 is 10.6 Å². The van der Waals surface area contributed by atoms with E-state index < -0.39 is 6.03 Å². The maximum Gasteiger partial charge on any atom is 0.319 e. The predicted molar refractivity (Wildman–Crippen MR) is 148 cm³/mol. The molecule has 37 heavy (non-hydrogen) atoms. The van der Waals surface area contributed by atoms with E-state index in [1.165, 1.54) is 0 Å². The average molecular weight is 491 g/mol. The summed E-state index contributed by atoms with van der Waals surface area (Å²) < 4.78 is 1.68. The second kappa shape index (κ2) is 11.9. The molecule has 0 aliphatic heterocycles. The van der Waals surface area contributed by atoms with Gasteiger partial charge in [0.25, 0.3) is 5.56 Å². The molecule has 186 valence electrons. The Hall–Kier alpha value is -4.63. The van der Waals surface area contributed by atoms with Crippen molar-refractivity contribution in [1.29, 1.82) is 5.26 Å². The van der Waals surface area contributed by atoms with E-state index in [0.29, 0.717) is 29.8 Å². The molecule has 2 amide bonds. The van der Waals surface area contributed by atoms with Gasteiger partial charge in [-0.2, -0.15) is 5.26 Å². The summed E-state index contributed by atoms with van der Waals surface area (Å²) in [6.45, 7) is 4.30. The van der Waals surface area contributed by atoms with Crippen LogP contribution in [0.2, 0.25) is 0 Å². The van der Waals surface area contributed by atoms with E-state index in [4.69, 9.17) is 0 Å². The van der Waals surface area contributed by atoms with E-state index in [1.54, 1.807) is 10.6 Å². The molecule has 2 N–H and O–H groups in total. The molecule has 0 atom stereocenters. The van der Waals surface area contributed by atoms with Crippen LogP contribution in [0.5, 0.6) is 0 Å². The molecule has 4 aromatic rings. The van der Waals surface area contributed by atoms with Gasteiger partial charge in [0, 0.05) is 23.4 Å². The highest BCUT2D eigenvalue weighted by molar-refractivity contribution is 5.90. The number of benzene rings is 3. The zero-order valence-corrected chi connectivity index (χ0v) is 21.1. The largest absolute Gasteiger partial charge is 0.334 e. The van der Waals surface area contributed by atoms with Crippen LogP contribution in [0.3, 0.4) is 0 Å². The number of nitrogens with one attached hydrogen (secondary N) is 2. The van der Waals surface area contributed by atoms with Gasteiger partial charge in [-0.3, -0.25) is 9.36 Å². The van der Waals surface area contributed by atoms with Crippen molar-refractivity contribution in [1.82, 2.24) is 9.88 Å². The molecule has 1 heterocycles. The highest BCUT2D eigenvalue weighted by Gasteiger charge is 2.19. The third-order valence-corrected chi connectivity index (χ3v) is 6.29. The van der Waals surface area contributed by atoms with E-state index in [9.17, 15) is 14.9 Å². The average Bonchev–Trinajstić information content (AvgIpc) is 2.93. The molecule has 6 nitrogen and oxygen atoms in total. The highest BCUT2D eigenvalue weighted by Crippen LogP contribution is 2.30. The predicted octanol–water partition coefficient (Wildman–Crippen LogP) is 6.35. The molecule has 0 radical (unpaired) electrons. The Kier molecular flexibility index (Phi) is 8.17. The number of hydrogen-bond acceptors (Lipinski definition) is 3. The highest BCUT2D eigenvalue weighted by atomic mass is 16.2. The van der Waals surface area contributed by atoms with E-state index in [2.05, 4.69) is 23.6 Å². The third-order valence-electron chi connectivity index (χ3n) is 6.29. The molecule has 0 saturated carbocycles. The fraction of sp³-hybridized carbons (Fsp3) is 0.194. The van der Waals surface area contributed by atoms with Crippen LogP contribution in [0.15, 0.2) is 89.7 Å². The summed E-state index contributed by atoms with van der Waals surface area (Å²) >= 11 is 0. The molecular weight excluding hydrogens is 460 g/mol. The van der Waals surface area contributed by atoms with Crippen LogP contribution in [-0.2, 0) is 13.0 Å². The summed E-state index contributed by atoms with van der Waals surface area (Å²) in [4.78, 5) is 26.7. The fourth-order valence-electron chi connectivity index (χ4n) is 4.40. The van der Waals surface area contributed by atoms with Crippen molar-refractivity contribution in [3.05, 3.63) is 118 Å². The van der Waals surface area contributed by atoms with Crippen molar-refractivity contribution in [3.8, 4) is 22.9 Å². The Labute approximate surface area is 217 Å². The van der Waals surface area contributed by atoms with Gasteiger partial charge >= 0.3 is 6.03 Å². The van der Waals surface area contributed by atoms with E-state index in [1.807, 2.05) is 85.8 Å². The van der Waals surface area contributed by atoms with E-state index in [-0.39, 0.29) is 11.2 Å². The molecule has 0 bridgehead atoms. The topological polar surface area (TPSA) is 86.9 Å². The van der Waals surface area contributed by atoms with Gasteiger partial charge in [-0.15, -0.1) is 0 Å². The number of nitriles is 1. The number of aromatic nitrogens is 1. The Morgan fingerprint density at radius 3 is 2.35 bits per heavy atom. The Balaban J connectivity index is 1.79. The smallest absolute Gasteiger partial charge is 0.319 e. The summed E-state index contributed by atoms with van der Waals surface area (Å²) in [5, 5.41) is 15.3. The van der Waals surface area contributed by atoms with Crippen LogP contribution in [0.4, 0.5) is 10.5 Å². The first-order valence-electron chi connectivity index (χ1n) is 12.5. The zero-order chi connectivity index (χ0) is 26.2. The first kappa shape index (κ1) is 25.5. The Morgan fingerprint density at radius 2 is 1.62 bits per heavy atom. The quantitative estimate of drug-likeness (QED) is 0.302. The third kappa shape index (κ3) is 5.79. The summed E-state index contributed by atoms with van der Waals surface area (Å²) in [6, 6.07) is 28.3. The first-order valence-corrected chi connectivity index (χ1v) is 12.5. The lowest BCUT2D eigenvalue weighted by molar-refractivity contribution is 0.251. The number of anilines is 1. The number of amides is 2. The molecule has 0 unspecified atom stereocenters. The second-order valence-electron chi connectivity index (χ2n) is 8.91. The molecule has 0 aliphatic rings. The number of unbranched alkanes of at least 4 members (excludes halogenated alkanes) is 1. The zero-order valence-electron chi connectivity index (χ0n) is 21.1. The van der Waals surface area contributed by atoms with Crippen molar-refractivity contribution in [2.75, 3.05) is 5.32 Å². The molecule has 4 rings (SSSR count). The number of aryl methyl sites for hydroxylation is 2. The lowest BCUT2D eigenvalue weighted by Crippen LogP contribution is -2.33. The number of nitrogens with zero attached hydrogens (tertiary/aromatic N) is 2. The van der Waals surface area contributed by atoms with Crippen LogP contribution in [0.1, 0.15) is 42.1 Å². The van der Waals surface area contributed by atoms with E-state index in [0.717, 1.165) is 35.2 Å². The number of carbonyl (C=O) groups is 1. The lowest BCUT2D eigenvalue weighted by Gasteiger charge is -2.20. The number of carbonyl (C=O) groups excluding carboxylic acids is 1. The summed E-state index contributed by atoms with van der Waals surface area (Å²) in [5.41, 5.74) is 5.20. The number of rotatable bonds is 8. The molecule has 0 spiro atoms. The second-order valence-corrected chi connectivity index (χ2v) is 8.91. The summed E-state index contributed by atoms with van der Waals surface area (Å²) in [7, 11) is 0. The Bertz CT molecular complexity index is 1500. The van der Waals surface area contributed by atoms with Crippen LogP contribution >= 0.6 is 0 Å². The number of pyridine rings is 1. The van der Waals surface area contributed by atoms with Crippen LogP contribution in [0, 0.1) is 18.3 Å². The SMILES string of the molecule is CCCCc1cc(C)c(NC(=O)NCc2ccccc2)c(=O)n1-c1ccccc1-c1ccccc1C#N. The molecule has 0 saturated heterocycles. The minimum absolute atomic E-state index is 0.231. The standard InChI is InChI=1S/C31H30N4O2/c1-3-4-15-25-19-22(2)29(34-31(37)33-21-23-12-6-5-7-13-23)30(36)35(25)28-18-11-10-17-27(28)26-16-9-8-14-24(26)20-32/h5-14,16-19H,3-4,15,21H2,1-2H3,(H2,33,34,37). The number of hydrogen-bond donors (Lipinski definition) is 2. The van der Waals surface area contributed by atoms with Crippen molar-refractivity contribution in [2.45, 2.75) is 39.7 Å². The van der Waals surface area contributed by atoms with Gasteiger partial charge in [-0.25, -0.2) is 4.79 Å². The van der Waals surface area contributed by atoms with Crippen molar-refractivity contribution >= 4 is 11.7 Å². The monoisotopic (exact) mass is 490 g/mol. The van der Waals surface area contributed by atoms with Gasteiger partial charge in [-0.05, 0) is 49.1 Å². The van der Waals surface area contributed by atoms with Gasteiger partial charge in [-0.1, -0.05) is 80.1 Å². The van der Waals surface area contributed by atoms with Crippen LogP contribution in [0.25, 0.3) is 16.8 Å². The number of urea groups is 1. The first-order chi connectivity index (χ1) is 18.0. The molecule has 0 fully saturated rings.